The van der Waals surface area contributed by atoms with Crippen LogP contribution in [0.4, 0.5) is 5.69 Å². The molecule has 0 aliphatic heterocycles. The molecule has 8 heteroatoms. The molecule has 0 fully saturated rings. The van der Waals surface area contributed by atoms with Gasteiger partial charge in [0, 0.05) is 17.2 Å². The van der Waals surface area contributed by atoms with E-state index in [0.29, 0.717) is 23.6 Å². The van der Waals surface area contributed by atoms with Crippen molar-refractivity contribution in [2.75, 3.05) is 5.32 Å². The fourth-order valence-corrected chi connectivity index (χ4v) is 3.27. The molecule has 0 saturated carbocycles. The summed E-state index contributed by atoms with van der Waals surface area (Å²) in [4.78, 5) is 36.8. The minimum Gasteiger partial charge on any atom is -0.489 e. The monoisotopic (exact) mass is 478 g/mol. The van der Waals surface area contributed by atoms with Gasteiger partial charge in [0.05, 0.1) is 17.7 Å². The third-order valence-electron chi connectivity index (χ3n) is 5.47. The van der Waals surface area contributed by atoms with Gasteiger partial charge in [-0.15, -0.1) is 0 Å². The fourth-order valence-electron chi connectivity index (χ4n) is 3.27. The number of hydrogen-bond acceptors (Lipinski definition) is 7. The molecule has 1 unspecified atom stereocenters. The predicted molar refractivity (Wildman–Crippen MR) is 130 cm³/mol. The Hall–Kier alpha value is -3.94. The van der Waals surface area contributed by atoms with Gasteiger partial charge in [0.25, 0.3) is 0 Å². The van der Waals surface area contributed by atoms with Crippen LogP contribution in [0.15, 0.2) is 53.1 Å². The normalized spacial score (nSPS) is 11.7. The number of carbonyl (C=O) groups is 3. The molecular weight excluding hydrogens is 448 g/mol. The maximum Gasteiger partial charge on any atom is 0.310 e. The first-order valence-electron chi connectivity index (χ1n) is 11.4. The highest BCUT2D eigenvalue weighted by molar-refractivity contribution is 6.01. The largest absolute Gasteiger partial charge is 0.489 e. The van der Waals surface area contributed by atoms with Crippen molar-refractivity contribution in [3.8, 4) is 5.75 Å². The van der Waals surface area contributed by atoms with Crippen molar-refractivity contribution in [1.82, 2.24) is 5.16 Å². The molecule has 0 saturated heterocycles. The van der Waals surface area contributed by atoms with Crippen LogP contribution < -0.4 is 10.1 Å². The Morgan fingerprint density at radius 3 is 2.20 bits per heavy atom. The average Bonchev–Trinajstić information content (AvgIpc) is 3.15. The van der Waals surface area contributed by atoms with Crippen LogP contribution >= 0.6 is 0 Å². The van der Waals surface area contributed by atoms with E-state index in [4.69, 9.17) is 14.0 Å². The number of aromatic nitrogens is 1. The van der Waals surface area contributed by atoms with Gasteiger partial charge in [-0.1, -0.05) is 31.1 Å². The molecule has 1 aromatic heterocycles. The van der Waals surface area contributed by atoms with Gasteiger partial charge in [0.2, 0.25) is 11.7 Å². The number of nitrogens with one attached hydrogen (secondary N) is 1. The van der Waals surface area contributed by atoms with Crippen LogP contribution in [0.3, 0.4) is 0 Å². The predicted octanol–water partition coefficient (Wildman–Crippen LogP) is 4.82. The number of amides is 1. The van der Waals surface area contributed by atoms with Crippen LogP contribution in [0, 0.1) is 19.8 Å². The number of anilines is 1. The van der Waals surface area contributed by atoms with Crippen molar-refractivity contribution in [1.29, 1.82) is 0 Å². The van der Waals surface area contributed by atoms with Crippen molar-refractivity contribution in [2.45, 2.75) is 53.8 Å². The Kier molecular flexibility index (Phi) is 8.41. The van der Waals surface area contributed by atoms with Crippen molar-refractivity contribution in [3.63, 3.8) is 0 Å². The maximum absolute atomic E-state index is 12.6. The van der Waals surface area contributed by atoms with E-state index in [-0.39, 0.29) is 24.0 Å². The standard InChI is InChI=1S/C27H30N2O6/c1-16(2)27(32)28-22-10-8-21(9-11-22)26(31)19(5)34-25(30)14-20-6-12-23(13-7-20)33-15-24-17(3)29-35-18(24)4/h6-13,16,19H,14-15H2,1-5H3,(H,28,32). The molecule has 0 spiro atoms. The zero-order valence-electron chi connectivity index (χ0n) is 20.6. The molecule has 0 radical (unpaired) electrons. The van der Waals surface area contributed by atoms with Gasteiger partial charge >= 0.3 is 5.97 Å². The first-order valence-corrected chi connectivity index (χ1v) is 11.4. The number of benzene rings is 2. The second kappa shape index (κ2) is 11.5. The van der Waals surface area contributed by atoms with Crippen molar-refractivity contribution < 1.29 is 28.4 Å². The summed E-state index contributed by atoms with van der Waals surface area (Å²) in [6.45, 7) is 9.18. The van der Waals surface area contributed by atoms with E-state index in [9.17, 15) is 14.4 Å². The second-order valence-corrected chi connectivity index (χ2v) is 8.63. The minimum absolute atomic E-state index is 0.0297. The van der Waals surface area contributed by atoms with Gasteiger partial charge in [-0.2, -0.15) is 0 Å². The van der Waals surface area contributed by atoms with E-state index in [1.807, 2.05) is 13.8 Å². The quantitative estimate of drug-likeness (QED) is 0.329. The molecule has 8 nitrogen and oxygen atoms in total. The summed E-state index contributed by atoms with van der Waals surface area (Å²) >= 11 is 0. The zero-order valence-corrected chi connectivity index (χ0v) is 20.6. The molecule has 1 amide bonds. The van der Waals surface area contributed by atoms with Crippen LogP contribution in [-0.2, 0) is 27.4 Å². The van der Waals surface area contributed by atoms with Crippen molar-refractivity contribution in [3.05, 3.63) is 76.7 Å². The summed E-state index contributed by atoms with van der Waals surface area (Å²) in [5.41, 5.74) is 3.44. The summed E-state index contributed by atoms with van der Waals surface area (Å²) in [5, 5.41) is 6.67. The molecule has 1 N–H and O–H groups in total. The first kappa shape index (κ1) is 25.7. The summed E-state index contributed by atoms with van der Waals surface area (Å²) in [6.07, 6.45) is -0.904. The summed E-state index contributed by atoms with van der Waals surface area (Å²) in [7, 11) is 0. The summed E-state index contributed by atoms with van der Waals surface area (Å²) in [6, 6.07) is 13.6. The molecule has 1 atom stereocenters. The number of Topliss-reactive ketones (excluding diaryl/α,β-unsaturated/α-hetero) is 1. The lowest BCUT2D eigenvalue weighted by atomic mass is 10.1. The van der Waals surface area contributed by atoms with Crippen LogP contribution in [0.5, 0.6) is 5.75 Å². The Bertz CT molecular complexity index is 1160. The highest BCUT2D eigenvalue weighted by Gasteiger charge is 2.20. The lowest BCUT2D eigenvalue weighted by Crippen LogP contribution is -2.25. The van der Waals surface area contributed by atoms with E-state index in [1.165, 1.54) is 0 Å². The van der Waals surface area contributed by atoms with Crippen LogP contribution in [0.25, 0.3) is 0 Å². The van der Waals surface area contributed by atoms with Gasteiger partial charge in [-0.3, -0.25) is 14.4 Å². The summed E-state index contributed by atoms with van der Waals surface area (Å²) < 4.78 is 16.2. The van der Waals surface area contributed by atoms with Crippen molar-refractivity contribution >= 4 is 23.3 Å². The zero-order chi connectivity index (χ0) is 25.5. The number of esters is 1. The van der Waals surface area contributed by atoms with E-state index in [2.05, 4.69) is 10.5 Å². The molecule has 3 aromatic rings. The average molecular weight is 479 g/mol. The Balaban J connectivity index is 1.49. The van der Waals surface area contributed by atoms with Crippen LogP contribution in [0.1, 0.15) is 53.7 Å². The number of nitrogens with zero attached hydrogens (tertiary/aromatic N) is 1. The third kappa shape index (κ3) is 7.02. The molecule has 0 aliphatic carbocycles. The second-order valence-electron chi connectivity index (χ2n) is 8.63. The number of aryl methyl sites for hydroxylation is 2. The number of carbonyl (C=O) groups excluding carboxylic acids is 3. The smallest absolute Gasteiger partial charge is 0.310 e. The van der Waals surface area contributed by atoms with Gasteiger partial charge in [0.1, 0.15) is 18.1 Å². The van der Waals surface area contributed by atoms with Gasteiger partial charge < -0.3 is 19.3 Å². The van der Waals surface area contributed by atoms with Crippen LogP contribution in [0.2, 0.25) is 0 Å². The van der Waals surface area contributed by atoms with Crippen LogP contribution in [-0.4, -0.2) is 28.9 Å². The number of ether oxygens (including phenoxy) is 2. The molecule has 3 rings (SSSR count). The number of ketones is 1. The Morgan fingerprint density at radius 2 is 1.63 bits per heavy atom. The van der Waals surface area contributed by atoms with Gasteiger partial charge in [0.15, 0.2) is 6.10 Å². The Morgan fingerprint density at radius 1 is 0.971 bits per heavy atom. The number of hydrogen-bond donors (Lipinski definition) is 1. The molecule has 1 heterocycles. The number of rotatable bonds is 10. The molecule has 2 aromatic carbocycles. The van der Waals surface area contributed by atoms with E-state index < -0.39 is 12.1 Å². The highest BCUT2D eigenvalue weighted by atomic mass is 16.5. The topological polar surface area (TPSA) is 108 Å². The molecule has 35 heavy (non-hydrogen) atoms. The molecule has 0 aliphatic rings. The van der Waals surface area contributed by atoms with Gasteiger partial charge in [-0.05, 0) is 62.7 Å². The van der Waals surface area contributed by atoms with E-state index in [0.717, 1.165) is 22.6 Å². The highest BCUT2D eigenvalue weighted by Crippen LogP contribution is 2.19. The van der Waals surface area contributed by atoms with Crippen molar-refractivity contribution in [2.24, 2.45) is 5.92 Å². The lowest BCUT2D eigenvalue weighted by Gasteiger charge is -2.13. The van der Waals surface area contributed by atoms with E-state index in [1.54, 1.807) is 69.3 Å². The SMILES string of the molecule is Cc1noc(C)c1COc1ccc(CC(=O)OC(C)C(=O)c2ccc(NC(=O)C(C)C)cc2)cc1. The first-order chi connectivity index (χ1) is 16.6. The molecule has 0 bridgehead atoms. The fraction of sp³-hybridized carbons (Fsp3) is 0.333. The summed E-state index contributed by atoms with van der Waals surface area (Å²) in [5.74, 6) is 0.302. The van der Waals surface area contributed by atoms with E-state index >= 15 is 0 Å². The maximum atomic E-state index is 12.6. The Labute approximate surface area is 204 Å². The minimum atomic E-state index is -0.934. The molecular formula is C27H30N2O6. The van der Waals surface area contributed by atoms with Gasteiger partial charge in [-0.25, -0.2) is 0 Å². The molecule has 184 valence electrons. The third-order valence-corrected chi connectivity index (χ3v) is 5.47. The lowest BCUT2D eigenvalue weighted by molar-refractivity contribution is -0.145.